The number of H-pyrrole nitrogens is 1. The number of fused-ring (bicyclic) bond motifs is 2. The Balaban J connectivity index is 1.13. The Morgan fingerprint density at radius 2 is 1.86 bits per heavy atom. The molecule has 6 nitrogen and oxygen atoms in total. The maximum Gasteiger partial charge on any atom is 0.256 e. The summed E-state index contributed by atoms with van der Waals surface area (Å²) in [7, 11) is 0. The molecule has 2 amide bonds. The van der Waals surface area contributed by atoms with Crippen molar-refractivity contribution >= 4 is 34.9 Å². The summed E-state index contributed by atoms with van der Waals surface area (Å²) in [5.41, 5.74) is 5.14. The number of nitrogens with one attached hydrogen (secondary N) is 2. The average Bonchev–Trinajstić information content (AvgIpc) is 3.83. The second-order valence-corrected chi connectivity index (χ2v) is 10.8. The molecule has 3 aromatic carbocycles. The predicted molar refractivity (Wildman–Crippen MR) is 143 cm³/mol. The number of halogens is 1. The van der Waals surface area contributed by atoms with Crippen molar-refractivity contribution in [1.29, 1.82) is 0 Å². The first-order valence-corrected chi connectivity index (χ1v) is 13.0. The van der Waals surface area contributed by atoms with E-state index in [9.17, 15) is 9.59 Å². The van der Waals surface area contributed by atoms with Gasteiger partial charge in [0.05, 0.1) is 12.0 Å². The second kappa shape index (κ2) is 8.32. The minimum atomic E-state index is -0.529. The Bertz CT molecular complexity index is 1540. The fourth-order valence-electron chi connectivity index (χ4n) is 5.79. The largest absolute Gasteiger partial charge is 0.307 e. The topological polar surface area (TPSA) is 78.1 Å². The van der Waals surface area contributed by atoms with E-state index in [1.54, 1.807) is 6.07 Å². The Hall–Kier alpha value is -3.90. The molecule has 2 fully saturated rings. The summed E-state index contributed by atoms with van der Waals surface area (Å²) in [5.74, 6) is 1.11. The zero-order valence-corrected chi connectivity index (χ0v) is 20.8. The van der Waals surface area contributed by atoms with Crippen molar-refractivity contribution in [3.05, 3.63) is 112 Å². The van der Waals surface area contributed by atoms with Crippen LogP contribution in [0.1, 0.15) is 63.8 Å². The second-order valence-electron chi connectivity index (χ2n) is 10.3. The zero-order chi connectivity index (χ0) is 25.1. The summed E-state index contributed by atoms with van der Waals surface area (Å²) in [6.45, 7) is 0.403. The lowest BCUT2D eigenvalue weighted by molar-refractivity contribution is -0.120. The standard InChI is InChI=1S/C30H25ClN4O2/c31-22-12-10-19(11-13-22)24-16-30(24)23-6-1-2-7-26(23)35(29(30)37)17-18-4-3-5-21(14-18)28(36)32-27-15-25(33-34-27)20-8-9-20/h1-7,10-15,20,24H,8-9,16-17H2,(H2,32,33,34,36)/t24?,30-/m1/s1. The number of rotatable bonds is 6. The molecule has 7 heteroatoms. The van der Waals surface area contributed by atoms with Crippen LogP contribution in [0.15, 0.2) is 78.9 Å². The van der Waals surface area contributed by atoms with Gasteiger partial charge in [-0.3, -0.25) is 14.7 Å². The van der Waals surface area contributed by atoms with Gasteiger partial charge in [0.1, 0.15) is 0 Å². The van der Waals surface area contributed by atoms with E-state index in [2.05, 4.69) is 21.6 Å². The molecule has 2 atom stereocenters. The molecule has 1 spiro atoms. The normalized spacial score (nSPS) is 21.8. The predicted octanol–water partition coefficient (Wildman–Crippen LogP) is 6.16. The van der Waals surface area contributed by atoms with Gasteiger partial charge in [0, 0.05) is 39.9 Å². The van der Waals surface area contributed by atoms with Gasteiger partial charge in [-0.05, 0) is 66.3 Å². The third-order valence-electron chi connectivity index (χ3n) is 7.92. The van der Waals surface area contributed by atoms with Crippen molar-refractivity contribution in [1.82, 2.24) is 10.2 Å². The smallest absolute Gasteiger partial charge is 0.256 e. The Kier molecular flexibility index (Phi) is 5.01. The van der Waals surface area contributed by atoms with Crippen molar-refractivity contribution < 1.29 is 9.59 Å². The molecule has 3 aliphatic rings. The summed E-state index contributed by atoms with van der Waals surface area (Å²) in [6.07, 6.45) is 3.12. The number of para-hydroxylation sites is 1. The molecule has 7 rings (SSSR count). The lowest BCUT2D eigenvalue weighted by Gasteiger charge is -2.19. The molecular weight excluding hydrogens is 484 g/mol. The monoisotopic (exact) mass is 508 g/mol. The Morgan fingerprint density at radius 3 is 2.68 bits per heavy atom. The number of hydrogen-bond acceptors (Lipinski definition) is 3. The summed E-state index contributed by atoms with van der Waals surface area (Å²) < 4.78 is 0. The van der Waals surface area contributed by atoms with E-state index < -0.39 is 5.41 Å². The van der Waals surface area contributed by atoms with Crippen LogP contribution in [0, 0.1) is 0 Å². The summed E-state index contributed by atoms with van der Waals surface area (Å²) in [5, 5.41) is 10.8. The minimum Gasteiger partial charge on any atom is -0.307 e. The van der Waals surface area contributed by atoms with Crippen molar-refractivity contribution in [2.75, 3.05) is 10.2 Å². The van der Waals surface area contributed by atoms with Gasteiger partial charge in [-0.15, -0.1) is 0 Å². The van der Waals surface area contributed by atoms with Crippen molar-refractivity contribution in [2.24, 2.45) is 0 Å². The summed E-state index contributed by atoms with van der Waals surface area (Å²) in [6, 6.07) is 25.3. The maximum absolute atomic E-state index is 13.9. The van der Waals surface area contributed by atoms with E-state index >= 15 is 0 Å². The van der Waals surface area contributed by atoms with Crippen LogP contribution in [0.3, 0.4) is 0 Å². The highest BCUT2D eigenvalue weighted by atomic mass is 35.5. The molecule has 0 saturated heterocycles. The van der Waals surface area contributed by atoms with Crippen LogP contribution in [-0.4, -0.2) is 22.0 Å². The van der Waals surface area contributed by atoms with Crippen LogP contribution < -0.4 is 10.2 Å². The van der Waals surface area contributed by atoms with Gasteiger partial charge in [-0.1, -0.05) is 54.1 Å². The number of benzene rings is 3. The molecule has 4 aromatic rings. The van der Waals surface area contributed by atoms with Crippen molar-refractivity contribution in [2.45, 2.75) is 43.1 Å². The van der Waals surface area contributed by atoms with E-state index in [4.69, 9.17) is 11.6 Å². The number of amides is 2. The molecule has 2 heterocycles. The highest BCUT2D eigenvalue weighted by Gasteiger charge is 2.67. The SMILES string of the molecule is O=C(Nc1cc(C2CC2)[nH]n1)c1cccc(CN2C(=O)[C@]3(CC3c3ccc(Cl)cc3)c3ccccc32)c1. The molecule has 37 heavy (non-hydrogen) atoms. The number of nitrogens with zero attached hydrogens (tertiary/aromatic N) is 2. The van der Waals surface area contributed by atoms with Crippen LogP contribution in [0.4, 0.5) is 11.5 Å². The Labute approximate surface area is 219 Å². The number of anilines is 2. The highest BCUT2D eigenvalue weighted by molar-refractivity contribution is 6.30. The highest BCUT2D eigenvalue weighted by Crippen LogP contribution is 2.66. The fourth-order valence-corrected chi connectivity index (χ4v) is 5.92. The van der Waals surface area contributed by atoms with Crippen molar-refractivity contribution in [3.63, 3.8) is 0 Å². The average molecular weight is 509 g/mol. The molecular formula is C30H25ClN4O2. The van der Waals surface area contributed by atoms with Crippen LogP contribution in [0.2, 0.25) is 5.02 Å². The molecule has 1 unspecified atom stereocenters. The molecule has 0 bridgehead atoms. The lowest BCUT2D eigenvalue weighted by atomic mass is 9.92. The van der Waals surface area contributed by atoms with Gasteiger partial charge in [-0.25, -0.2) is 0 Å². The molecule has 2 saturated carbocycles. The van der Waals surface area contributed by atoms with Crippen LogP contribution in [-0.2, 0) is 16.8 Å². The first-order chi connectivity index (χ1) is 18.0. The van der Waals surface area contributed by atoms with Gasteiger partial charge in [0.15, 0.2) is 5.82 Å². The molecule has 1 aromatic heterocycles. The molecule has 184 valence electrons. The van der Waals surface area contributed by atoms with Gasteiger partial charge >= 0.3 is 0 Å². The third kappa shape index (κ3) is 3.75. The molecule has 2 N–H and O–H groups in total. The van der Waals surface area contributed by atoms with Crippen LogP contribution >= 0.6 is 11.6 Å². The van der Waals surface area contributed by atoms with Crippen LogP contribution in [0.25, 0.3) is 0 Å². The first-order valence-electron chi connectivity index (χ1n) is 12.7. The van der Waals surface area contributed by atoms with Gasteiger partial charge < -0.3 is 10.2 Å². The number of carbonyl (C=O) groups is 2. The van der Waals surface area contributed by atoms with E-state index in [0.717, 1.165) is 47.3 Å². The maximum atomic E-state index is 13.9. The first kappa shape index (κ1) is 22.3. The molecule has 2 aliphatic carbocycles. The number of hydrogen-bond donors (Lipinski definition) is 2. The lowest BCUT2D eigenvalue weighted by Crippen LogP contribution is -2.32. The van der Waals surface area contributed by atoms with Crippen molar-refractivity contribution in [3.8, 4) is 0 Å². The van der Waals surface area contributed by atoms with Gasteiger partial charge in [0.2, 0.25) is 5.91 Å². The van der Waals surface area contributed by atoms with Gasteiger partial charge in [0.25, 0.3) is 5.91 Å². The zero-order valence-electron chi connectivity index (χ0n) is 20.1. The van der Waals surface area contributed by atoms with Gasteiger partial charge in [-0.2, -0.15) is 5.10 Å². The van der Waals surface area contributed by atoms with E-state index in [1.807, 2.05) is 71.6 Å². The third-order valence-corrected chi connectivity index (χ3v) is 8.17. The molecule has 0 radical (unpaired) electrons. The van der Waals surface area contributed by atoms with E-state index in [0.29, 0.717) is 28.9 Å². The fraction of sp³-hybridized carbons (Fsp3) is 0.233. The quantitative estimate of drug-likeness (QED) is 0.327. The molecule has 1 aliphatic heterocycles. The summed E-state index contributed by atoms with van der Waals surface area (Å²) in [4.78, 5) is 28.7. The number of aromatic nitrogens is 2. The van der Waals surface area contributed by atoms with Crippen LogP contribution in [0.5, 0.6) is 0 Å². The summed E-state index contributed by atoms with van der Waals surface area (Å²) >= 11 is 6.10. The van der Waals surface area contributed by atoms with E-state index in [1.165, 1.54) is 0 Å². The minimum absolute atomic E-state index is 0.118. The Morgan fingerprint density at radius 1 is 1.05 bits per heavy atom. The number of aromatic amines is 1. The van der Waals surface area contributed by atoms with E-state index in [-0.39, 0.29) is 17.7 Å². The number of carbonyl (C=O) groups excluding carboxylic acids is 2.